The maximum Gasteiger partial charge on any atom is 0.321 e. The molecule has 0 aromatic heterocycles. The minimum Gasteiger partial charge on any atom is -0.497 e. The van der Waals surface area contributed by atoms with E-state index in [1.54, 1.807) is 19.2 Å². The second-order valence-electron chi connectivity index (χ2n) is 9.13. The van der Waals surface area contributed by atoms with Crippen molar-refractivity contribution < 1.29 is 14.3 Å². The summed E-state index contributed by atoms with van der Waals surface area (Å²) >= 11 is 0. The molecule has 8 nitrogen and oxygen atoms in total. The summed E-state index contributed by atoms with van der Waals surface area (Å²) < 4.78 is 11.8. The van der Waals surface area contributed by atoms with Gasteiger partial charge in [0.2, 0.25) is 0 Å². The van der Waals surface area contributed by atoms with Gasteiger partial charge >= 0.3 is 6.03 Å². The zero-order valence-corrected chi connectivity index (χ0v) is 21.5. The van der Waals surface area contributed by atoms with E-state index in [0.717, 1.165) is 35.5 Å². The molecule has 38 heavy (non-hydrogen) atoms. The normalized spacial score (nSPS) is 14.2. The molecule has 1 atom stereocenters. The number of rotatable bonds is 9. The van der Waals surface area contributed by atoms with Crippen molar-refractivity contribution >= 4 is 11.7 Å². The fourth-order valence-corrected chi connectivity index (χ4v) is 4.34. The fraction of sp³-hybridized carbons (Fsp3) is 0.300. The van der Waals surface area contributed by atoms with Crippen LogP contribution in [0.1, 0.15) is 28.4 Å². The number of nitriles is 2. The lowest BCUT2D eigenvalue weighted by Crippen LogP contribution is -2.50. The minimum absolute atomic E-state index is 0.126. The molecule has 1 saturated heterocycles. The van der Waals surface area contributed by atoms with Gasteiger partial charge in [-0.1, -0.05) is 36.4 Å². The number of carbonyl (C=O) groups is 1. The molecule has 0 saturated carbocycles. The molecule has 1 fully saturated rings. The molecule has 0 spiro atoms. The average molecular weight is 510 g/mol. The minimum atomic E-state index is -0.187. The molecule has 1 heterocycles. The molecule has 1 aliphatic heterocycles. The second kappa shape index (κ2) is 13.3. The molecule has 8 heteroatoms. The maximum absolute atomic E-state index is 12.8. The van der Waals surface area contributed by atoms with Crippen LogP contribution >= 0.6 is 0 Å². The van der Waals surface area contributed by atoms with Gasteiger partial charge in [-0.3, -0.25) is 4.90 Å². The number of nitrogens with one attached hydrogen (secondary N) is 1. The standard InChI is InChI=1S/C30H31N5O3/c1-37-28-4-2-3-26(19-28)29(38-22-25-7-5-24(20-32)6-8-25)21-34-15-17-35(18-16-34)30(36)33-27-11-9-23(10-12-27)13-14-31/h2-12,19,29H,13,15-18,21-22H2,1H3,(H,33,36)/t29-/m0/s1. The van der Waals surface area contributed by atoms with E-state index in [0.29, 0.717) is 43.9 Å². The van der Waals surface area contributed by atoms with Gasteiger partial charge in [0.1, 0.15) is 5.75 Å². The molecule has 3 aromatic rings. The summed E-state index contributed by atoms with van der Waals surface area (Å²) in [5.41, 5.74) is 4.28. The molecule has 194 valence electrons. The highest BCUT2D eigenvalue weighted by Crippen LogP contribution is 2.25. The molecule has 2 amide bonds. The number of piperazine rings is 1. The van der Waals surface area contributed by atoms with Gasteiger partial charge in [0.25, 0.3) is 0 Å². The largest absolute Gasteiger partial charge is 0.497 e. The lowest BCUT2D eigenvalue weighted by atomic mass is 10.1. The van der Waals surface area contributed by atoms with E-state index in [2.05, 4.69) is 22.4 Å². The SMILES string of the molecule is COc1cccc([C@H](CN2CCN(C(=O)Nc3ccc(CC#N)cc3)CC2)OCc2ccc(C#N)cc2)c1. The van der Waals surface area contributed by atoms with E-state index in [9.17, 15) is 4.79 Å². The maximum atomic E-state index is 12.8. The molecular formula is C30H31N5O3. The monoisotopic (exact) mass is 509 g/mol. The molecule has 0 aliphatic carbocycles. The van der Waals surface area contributed by atoms with Crippen LogP contribution in [0.2, 0.25) is 0 Å². The molecular weight excluding hydrogens is 478 g/mol. The van der Waals surface area contributed by atoms with Gasteiger partial charge in [0, 0.05) is 38.4 Å². The first-order valence-electron chi connectivity index (χ1n) is 12.6. The smallest absolute Gasteiger partial charge is 0.321 e. The highest BCUT2D eigenvalue weighted by atomic mass is 16.5. The van der Waals surface area contributed by atoms with Crippen molar-refractivity contribution in [1.29, 1.82) is 10.5 Å². The molecule has 3 aromatic carbocycles. The van der Waals surface area contributed by atoms with Crippen LogP contribution in [0.15, 0.2) is 72.8 Å². The van der Waals surface area contributed by atoms with Gasteiger partial charge in [-0.25, -0.2) is 4.79 Å². The van der Waals surface area contributed by atoms with E-state index >= 15 is 0 Å². The van der Waals surface area contributed by atoms with Gasteiger partial charge in [-0.2, -0.15) is 10.5 Å². The van der Waals surface area contributed by atoms with Gasteiger partial charge in [-0.05, 0) is 53.1 Å². The topological polar surface area (TPSA) is 102 Å². The number of carbonyl (C=O) groups excluding carboxylic acids is 1. The lowest BCUT2D eigenvalue weighted by molar-refractivity contribution is 0.00584. The first-order valence-corrected chi connectivity index (χ1v) is 12.6. The van der Waals surface area contributed by atoms with E-state index in [1.807, 2.05) is 65.6 Å². The van der Waals surface area contributed by atoms with Crippen molar-refractivity contribution in [2.45, 2.75) is 19.1 Å². The number of nitrogens with zero attached hydrogens (tertiary/aromatic N) is 4. The van der Waals surface area contributed by atoms with Crippen molar-refractivity contribution in [3.63, 3.8) is 0 Å². The number of urea groups is 1. The summed E-state index contributed by atoms with van der Waals surface area (Å²) in [5.74, 6) is 0.775. The van der Waals surface area contributed by atoms with Crippen molar-refractivity contribution in [1.82, 2.24) is 9.80 Å². The third-order valence-corrected chi connectivity index (χ3v) is 6.57. The zero-order chi connectivity index (χ0) is 26.7. The van der Waals surface area contributed by atoms with Crippen molar-refractivity contribution in [3.8, 4) is 17.9 Å². The number of benzene rings is 3. The third-order valence-electron chi connectivity index (χ3n) is 6.57. The quantitative estimate of drug-likeness (QED) is 0.447. The Morgan fingerprint density at radius 3 is 2.34 bits per heavy atom. The molecule has 0 bridgehead atoms. The van der Waals surface area contributed by atoms with Gasteiger partial charge in [0.05, 0.1) is 43.9 Å². The number of amides is 2. The van der Waals surface area contributed by atoms with Crippen LogP contribution < -0.4 is 10.1 Å². The van der Waals surface area contributed by atoms with E-state index in [-0.39, 0.29) is 12.1 Å². The third kappa shape index (κ3) is 7.33. The van der Waals surface area contributed by atoms with Crippen LogP contribution in [-0.4, -0.2) is 55.7 Å². The predicted molar refractivity (Wildman–Crippen MR) is 144 cm³/mol. The summed E-state index contributed by atoms with van der Waals surface area (Å²) in [6, 6.07) is 26.8. The zero-order valence-electron chi connectivity index (χ0n) is 21.5. The fourth-order valence-electron chi connectivity index (χ4n) is 4.34. The Hall–Kier alpha value is -4.37. The summed E-state index contributed by atoms with van der Waals surface area (Å²) in [6.45, 7) is 3.78. The van der Waals surface area contributed by atoms with Crippen LogP contribution in [-0.2, 0) is 17.8 Å². The Morgan fingerprint density at radius 2 is 1.68 bits per heavy atom. The Labute approximate surface area is 223 Å². The molecule has 1 N–H and O–H groups in total. The van der Waals surface area contributed by atoms with Gasteiger partial charge < -0.3 is 19.7 Å². The van der Waals surface area contributed by atoms with Crippen molar-refractivity contribution in [3.05, 3.63) is 95.1 Å². The predicted octanol–water partition coefficient (Wildman–Crippen LogP) is 4.74. The lowest BCUT2D eigenvalue weighted by Gasteiger charge is -2.36. The highest BCUT2D eigenvalue weighted by molar-refractivity contribution is 5.89. The Balaban J connectivity index is 1.35. The number of methoxy groups -OCH3 is 1. The van der Waals surface area contributed by atoms with Crippen molar-refractivity contribution in [2.75, 3.05) is 45.2 Å². The van der Waals surface area contributed by atoms with E-state index in [1.165, 1.54) is 0 Å². The average Bonchev–Trinajstić information content (AvgIpc) is 2.97. The molecule has 0 radical (unpaired) electrons. The van der Waals surface area contributed by atoms with Crippen molar-refractivity contribution in [2.24, 2.45) is 0 Å². The summed E-state index contributed by atoms with van der Waals surface area (Å²) in [5, 5.41) is 20.8. The van der Waals surface area contributed by atoms with Gasteiger partial charge in [-0.15, -0.1) is 0 Å². The van der Waals surface area contributed by atoms with Crippen LogP contribution in [0.5, 0.6) is 5.75 Å². The Kier molecular flexibility index (Phi) is 9.31. The van der Waals surface area contributed by atoms with Crippen LogP contribution in [0.3, 0.4) is 0 Å². The Bertz CT molecular complexity index is 1290. The number of hydrogen-bond acceptors (Lipinski definition) is 6. The molecule has 1 aliphatic rings. The first-order chi connectivity index (χ1) is 18.6. The summed E-state index contributed by atoms with van der Waals surface area (Å²) in [4.78, 5) is 16.9. The second-order valence-corrected chi connectivity index (χ2v) is 9.13. The summed E-state index contributed by atoms with van der Waals surface area (Å²) in [6.07, 6.45) is 0.164. The Morgan fingerprint density at radius 1 is 0.974 bits per heavy atom. The molecule has 0 unspecified atom stereocenters. The number of anilines is 1. The number of hydrogen-bond donors (Lipinski definition) is 1. The van der Waals surface area contributed by atoms with E-state index in [4.69, 9.17) is 20.0 Å². The summed E-state index contributed by atoms with van der Waals surface area (Å²) in [7, 11) is 1.65. The van der Waals surface area contributed by atoms with Gasteiger partial charge in [0.15, 0.2) is 0 Å². The van der Waals surface area contributed by atoms with Crippen LogP contribution in [0.25, 0.3) is 0 Å². The number of ether oxygens (including phenoxy) is 2. The van der Waals surface area contributed by atoms with Crippen LogP contribution in [0.4, 0.5) is 10.5 Å². The molecule has 4 rings (SSSR count). The van der Waals surface area contributed by atoms with Crippen LogP contribution in [0, 0.1) is 22.7 Å². The highest BCUT2D eigenvalue weighted by Gasteiger charge is 2.24. The van der Waals surface area contributed by atoms with E-state index < -0.39 is 0 Å². The first kappa shape index (κ1) is 26.7.